The zero-order valence-electron chi connectivity index (χ0n) is 11.3. The molecule has 0 saturated heterocycles. The Hall–Kier alpha value is -1.84. The predicted molar refractivity (Wildman–Crippen MR) is 79.0 cm³/mol. The first-order valence-corrected chi connectivity index (χ1v) is 6.99. The van der Waals surface area contributed by atoms with Crippen molar-refractivity contribution < 1.29 is 0 Å². The molecule has 1 heterocycles. The Balaban J connectivity index is 1.84. The van der Waals surface area contributed by atoms with Gasteiger partial charge in [0.2, 0.25) is 0 Å². The standard InChI is InChI=1S/C15H20N4/c1-10-2-5-12(6-3-10)19-15-13-7-4-11(16)8-14(13)17-9-18-15/h4,7-10,12H,2-3,5-6,16H2,1H3,(H,17,18,19). The molecule has 1 saturated carbocycles. The van der Waals surface area contributed by atoms with E-state index in [0.717, 1.165) is 28.3 Å². The van der Waals surface area contributed by atoms with Crippen molar-refractivity contribution in [1.82, 2.24) is 9.97 Å². The molecule has 19 heavy (non-hydrogen) atoms. The highest BCUT2D eigenvalue weighted by atomic mass is 15.0. The summed E-state index contributed by atoms with van der Waals surface area (Å²) in [4.78, 5) is 8.66. The molecular formula is C15H20N4. The van der Waals surface area contributed by atoms with Crippen molar-refractivity contribution in [2.45, 2.75) is 38.6 Å². The van der Waals surface area contributed by atoms with Gasteiger partial charge in [0, 0.05) is 17.1 Å². The topological polar surface area (TPSA) is 63.8 Å². The van der Waals surface area contributed by atoms with Crippen molar-refractivity contribution in [3.63, 3.8) is 0 Å². The molecule has 4 heteroatoms. The Bertz CT molecular complexity index is 573. The van der Waals surface area contributed by atoms with Crippen molar-refractivity contribution in [1.29, 1.82) is 0 Å². The summed E-state index contributed by atoms with van der Waals surface area (Å²) < 4.78 is 0. The van der Waals surface area contributed by atoms with Gasteiger partial charge in [-0.25, -0.2) is 9.97 Å². The molecule has 0 bridgehead atoms. The van der Waals surface area contributed by atoms with Crippen molar-refractivity contribution in [3.05, 3.63) is 24.5 Å². The van der Waals surface area contributed by atoms with Crippen molar-refractivity contribution in [2.24, 2.45) is 5.92 Å². The molecule has 1 aromatic heterocycles. The molecule has 3 N–H and O–H groups in total. The van der Waals surface area contributed by atoms with E-state index in [1.165, 1.54) is 25.7 Å². The smallest absolute Gasteiger partial charge is 0.137 e. The molecule has 3 rings (SSSR count). The summed E-state index contributed by atoms with van der Waals surface area (Å²) in [5.41, 5.74) is 7.44. The first kappa shape index (κ1) is 12.2. The number of hydrogen-bond donors (Lipinski definition) is 2. The van der Waals surface area contributed by atoms with Gasteiger partial charge >= 0.3 is 0 Å². The summed E-state index contributed by atoms with van der Waals surface area (Å²) in [6.45, 7) is 2.33. The summed E-state index contributed by atoms with van der Waals surface area (Å²) in [6.07, 6.45) is 6.65. The van der Waals surface area contributed by atoms with E-state index in [2.05, 4.69) is 22.2 Å². The SMILES string of the molecule is CC1CCC(Nc2ncnc3cc(N)ccc23)CC1. The zero-order chi connectivity index (χ0) is 13.2. The average molecular weight is 256 g/mol. The van der Waals surface area contributed by atoms with E-state index in [1.807, 2.05) is 18.2 Å². The Kier molecular flexibility index (Phi) is 3.23. The number of nitrogens with two attached hydrogens (primary N) is 1. The number of nitrogens with one attached hydrogen (secondary N) is 1. The maximum atomic E-state index is 5.79. The van der Waals surface area contributed by atoms with Crippen LogP contribution in [0.4, 0.5) is 11.5 Å². The maximum absolute atomic E-state index is 5.79. The lowest BCUT2D eigenvalue weighted by Gasteiger charge is -2.27. The van der Waals surface area contributed by atoms with E-state index in [9.17, 15) is 0 Å². The van der Waals surface area contributed by atoms with Crippen LogP contribution in [0.25, 0.3) is 10.9 Å². The van der Waals surface area contributed by atoms with Crippen LogP contribution in [0.5, 0.6) is 0 Å². The lowest BCUT2D eigenvalue weighted by Crippen LogP contribution is -2.25. The number of hydrogen-bond acceptors (Lipinski definition) is 4. The van der Waals surface area contributed by atoms with Crippen molar-refractivity contribution in [3.8, 4) is 0 Å². The number of rotatable bonds is 2. The molecule has 1 aliphatic carbocycles. The molecule has 1 aromatic carbocycles. The molecule has 2 aromatic rings. The van der Waals surface area contributed by atoms with Crippen LogP contribution in [0.2, 0.25) is 0 Å². The van der Waals surface area contributed by atoms with E-state index < -0.39 is 0 Å². The maximum Gasteiger partial charge on any atom is 0.137 e. The lowest BCUT2D eigenvalue weighted by molar-refractivity contribution is 0.361. The van der Waals surface area contributed by atoms with Gasteiger partial charge in [-0.3, -0.25) is 0 Å². The van der Waals surface area contributed by atoms with Crippen LogP contribution in [0.1, 0.15) is 32.6 Å². The quantitative estimate of drug-likeness (QED) is 0.810. The second-order valence-corrected chi connectivity index (χ2v) is 5.60. The molecule has 0 amide bonds. The van der Waals surface area contributed by atoms with E-state index in [-0.39, 0.29) is 0 Å². The number of nitrogen functional groups attached to an aromatic ring is 1. The van der Waals surface area contributed by atoms with Gasteiger partial charge in [0.25, 0.3) is 0 Å². The molecule has 0 unspecified atom stereocenters. The summed E-state index contributed by atoms with van der Waals surface area (Å²) in [5.74, 6) is 1.80. The molecule has 0 spiro atoms. The van der Waals surface area contributed by atoms with Gasteiger partial charge in [-0.2, -0.15) is 0 Å². The van der Waals surface area contributed by atoms with E-state index in [1.54, 1.807) is 6.33 Å². The van der Waals surface area contributed by atoms with E-state index in [4.69, 9.17) is 5.73 Å². The highest BCUT2D eigenvalue weighted by molar-refractivity contribution is 5.90. The number of fused-ring (bicyclic) bond motifs is 1. The van der Waals surface area contributed by atoms with E-state index in [0.29, 0.717) is 6.04 Å². The normalized spacial score (nSPS) is 23.4. The minimum atomic E-state index is 0.534. The average Bonchev–Trinajstić information content (AvgIpc) is 2.41. The monoisotopic (exact) mass is 256 g/mol. The molecule has 0 radical (unpaired) electrons. The molecule has 0 aliphatic heterocycles. The number of anilines is 2. The highest BCUT2D eigenvalue weighted by Crippen LogP contribution is 2.28. The number of benzene rings is 1. The van der Waals surface area contributed by atoms with Crippen LogP contribution in [0, 0.1) is 5.92 Å². The van der Waals surface area contributed by atoms with Crippen molar-refractivity contribution >= 4 is 22.4 Å². The first-order chi connectivity index (χ1) is 9.22. The fraction of sp³-hybridized carbons (Fsp3) is 0.467. The molecular weight excluding hydrogens is 236 g/mol. The minimum Gasteiger partial charge on any atom is -0.399 e. The molecule has 1 aliphatic rings. The summed E-state index contributed by atoms with van der Waals surface area (Å²) in [7, 11) is 0. The van der Waals surface area contributed by atoms with Gasteiger partial charge in [0.1, 0.15) is 12.1 Å². The van der Waals surface area contributed by atoms with E-state index >= 15 is 0 Å². The molecule has 1 fully saturated rings. The Labute approximate surface area is 113 Å². The van der Waals surface area contributed by atoms with Crippen LogP contribution in [-0.2, 0) is 0 Å². The minimum absolute atomic E-state index is 0.534. The largest absolute Gasteiger partial charge is 0.399 e. The van der Waals surface area contributed by atoms with Gasteiger partial charge < -0.3 is 11.1 Å². The molecule has 0 atom stereocenters. The Morgan fingerprint density at radius 3 is 2.74 bits per heavy atom. The number of aromatic nitrogens is 2. The lowest BCUT2D eigenvalue weighted by atomic mass is 9.87. The third-order valence-corrected chi connectivity index (χ3v) is 4.02. The fourth-order valence-corrected chi connectivity index (χ4v) is 2.79. The summed E-state index contributed by atoms with van der Waals surface area (Å²) in [5, 5.41) is 4.62. The zero-order valence-corrected chi connectivity index (χ0v) is 11.3. The van der Waals surface area contributed by atoms with Gasteiger partial charge in [0.15, 0.2) is 0 Å². The second kappa shape index (κ2) is 5.03. The summed E-state index contributed by atoms with van der Waals surface area (Å²) >= 11 is 0. The fourth-order valence-electron chi connectivity index (χ4n) is 2.79. The van der Waals surface area contributed by atoms with Crippen LogP contribution < -0.4 is 11.1 Å². The third kappa shape index (κ3) is 2.62. The highest BCUT2D eigenvalue weighted by Gasteiger charge is 2.18. The van der Waals surface area contributed by atoms with Crippen molar-refractivity contribution in [2.75, 3.05) is 11.1 Å². The van der Waals surface area contributed by atoms with Gasteiger partial charge in [-0.05, 0) is 49.8 Å². The Morgan fingerprint density at radius 2 is 1.95 bits per heavy atom. The molecule has 4 nitrogen and oxygen atoms in total. The van der Waals surface area contributed by atoms with Crippen LogP contribution in [0.3, 0.4) is 0 Å². The van der Waals surface area contributed by atoms with Gasteiger partial charge in [0.05, 0.1) is 5.52 Å². The second-order valence-electron chi connectivity index (χ2n) is 5.60. The predicted octanol–water partition coefficient (Wildman–Crippen LogP) is 3.20. The first-order valence-electron chi connectivity index (χ1n) is 6.99. The van der Waals surface area contributed by atoms with Crippen LogP contribution in [0.15, 0.2) is 24.5 Å². The third-order valence-electron chi connectivity index (χ3n) is 4.02. The van der Waals surface area contributed by atoms with Gasteiger partial charge in [-0.1, -0.05) is 6.92 Å². The van der Waals surface area contributed by atoms with Crippen LogP contribution in [-0.4, -0.2) is 16.0 Å². The summed E-state index contributed by atoms with van der Waals surface area (Å²) in [6, 6.07) is 6.33. The number of nitrogens with zero attached hydrogens (tertiary/aromatic N) is 2. The molecule has 100 valence electrons. The van der Waals surface area contributed by atoms with Crippen LogP contribution >= 0.6 is 0 Å². The Morgan fingerprint density at radius 1 is 1.16 bits per heavy atom. The van der Waals surface area contributed by atoms with Gasteiger partial charge in [-0.15, -0.1) is 0 Å².